The maximum absolute atomic E-state index is 11.9. The minimum Gasteiger partial charge on any atom is -0.457 e. The van der Waals surface area contributed by atoms with Crippen molar-refractivity contribution < 1.29 is 19.1 Å². The number of primary amides is 1. The van der Waals surface area contributed by atoms with Gasteiger partial charge in [-0.05, 0) is 67.1 Å². The van der Waals surface area contributed by atoms with Gasteiger partial charge in [0.25, 0.3) is 5.91 Å². The van der Waals surface area contributed by atoms with Crippen LogP contribution in [0.15, 0.2) is 73.3 Å². The van der Waals surface area contributed by atoms with Crippen molar-refractivity contribution in [3.05, 3.63) is 84.4 Å². The van der Waals surface area contributed by atoms with Gasteiger partial charge in [0.15, 0.2) is 0 Å². The minimum absolute atomic E-state index is 0.0242. The van der Waals surface area contributed by atoms with Crippen molar-refractivity contribution in [3.63, 3.8) is 0 Å². The zero-order chi connectivity index (χ0) is 24.8. The molecular formula is C26H23N5O4. The fraction of sp³-hybridized carbons (Fsp3) is 0.154. The fourth-order valence-electron chi connectivity index (χ4n) is 3.67. The highest BCUT2D eigenvalue weighted by atomic mass is 16.5. The van der Waals surface area contributed by atoms with Crippen molar-refractivity contribution in [2.45, 2.75) is 12.5 Å². The van der Waals surface area contributed by atoms with Crippen LogP contribution >= 0.6 is 0 Å². The molecule has 0 radical (unpaired) electrons. The zero-order valence-electron chi connectivity index (χ0n) is 18.8. The summed E-state index contributed by atoms with van der Waals surface area (Å²) in [5.74, 6) is 1.34. The highest BCUT2D eigenvalue weighted by Gasteiger charge is 2.25. The smallest absolute Gasteiger partial charge is 0.254 e. The molecule has 2 amide bonds. The molecule has 1 aliphatic heterocycles. The van der Waals surface area contributed by atoms with E-state index in [1.165, 1.54) is 6.08 Å². The summed E-state index contributed by atoms with van der Waals surface area (Å²) in [5, 5.41) is 11.9. The standard InChI is InChI=1S/C26H23N5O4/c1-2-24(32)29-18-12-13-31(16-18)23-11-10-22(25(28)33)26(30-23)35-20-8-6-19(7-9-20)34-21-5-3-4-17(14-21)15-27/h2-11,14,18H,1,12-13,16H2,(H2,28,33)(H,29,32). The average molecular weight is 470 g/mol. The fourth-order valence-corrected chi connectivity index (χ4v) is 3.67. The molecular weight excluding hydrogens is 446 g/mol. The first-order chi connectivity index (χ1) is 16.9. The van der Waals surface area contributed by atoms with Gasteiger partial charge < -0.3 is 25.4 Å². The topological polar surface area (TPSA) is 131 Å². The summed E-state index contributed by atoms with van der Waals surface area (Å²) in [4.78, 5) is 30.1. The van der Waals surface area contributed by atoms with Gasteiger partial charge >= 0.3 is 0 Å². The monoisotopic (exact) mass is 469 g/mol. The normalized spacial score (nSPS) is 14.6. The number of aromatic nitrogens is 1. The van der Waals surface area contributed by atoms with Gasteiger partial charge in [0.1, 0.15) is 28.6 Å². The first kappa shape index (κ1) is 23.3. The molecule has 0 spiro atoms. The lowest BCUT2D eigenvalue weighted by Gasteiger charge is -2.19. The van der Waals surface area contributed by atoms with Crippen LogP contribution in [0.25, 0.3) is 0 Å². The van der Waals surface area contributed by atoms with E-state index >= 15 is 0 Å². The lowest BCUT2D eigenvalue weighted by atomic mass is 10.2. The van der Waals surface area contributed by atoms with Gasteiger partial charge in [-0.2, -0.15) is 10.2 Å². The molecule has 4 rings (SSSR count). The van der Waals surface area contributed by atoms with Gasteiger partial charge in [-0.1, -0.05) is 12.6 Å². The van der Waals surface area contributed by atoms with E-state index in [0.29, 0.717) is 41.7 Å². The Morgan fingerprint density at radius 3 is 2.54 bits per heavy atom. The van der Waals surface area contributed by atoms with Crippen molar-refractivity contribution >= 4 is 17.6 Å². The number of amides is 2. The summed E-state index contributed by atoms with van der Waals surface area (Å²) in [6.45, 7) is 4.73. The molecule has 3 N–H and O–H groups in total. The molecule has 0 bridgehead atoms. The van der Waals surface area contributed by atoms with E-state index in [4.69, 9.17) is 20.5 Å². The minimum atomic E-state index is -0.658. The molecule has 9 nitrogen and oxygen atoms in total. The lowest BCUT2D eigenvalue weighted by molar-refractivity contribution is -0.117. The van der Waals surface area contributed by atoms with Gasteiger partial charge in [-0.3, -0.25) is 9.59 Å². The van der Waals surface area contributed by atoms with E-state index in [2.05, 4.69) is 22.9 Å². The number of nitriles is 1. The van der Waals surface area contributed by atoms with Gasteiger partial charge in [0.2, 0.25) is 11.8 Å². The molecule has 35 heavy (non-hydrogen) atoms. The molecule has 1 aromatic heterocycles. The van der Waals surface area contributed by atoms with Crippen molar-refractivity contribution in [2.75, 3.05) is 18.0 Å². The summed E-state index contributed by atoms with van der Waals surface area (Å²) in [6, 6.07) is 18.9. The number of nitrogens with two attached hydrogens (primary N) is 1. The Kier molecular flexibility index (Phi) is 6.93. The number of carbonyl (C=O) groups is 2. The number of hydrogen-bond donors (Lipinski definition) is 2. The Morgan fingerprint density at radius 2 is 1.86 bits per heavy atom. The van der Waals surface area contributed by atoms with E-state index < -0.39 is 5.91 Å². The molecule has 9 heteroatoms. The van der Waals surface area contributed by atoms with E-state index in [9.17, 15) is 9.59 Å². The second-order valence-corrected chi connectivity index (χ2v) is 7.85. The van der Waals surface area contributed by atoms with Gasteiger partial charge in [-0.25, -0.2) is 0 Å². The van der Waals surface area contributed by atoms with Crippen LogP contribution < -0.4 is 25.4 Å². The van der Waals surface area contributed by atoms with Crippen molar-refractivity contribution in [2.24, 2.45) is 5.73 Å². The molecule has 1 unspecified atom stereocenters. The first-order valence-corrected chi connectivity index (χ1v) is 10.9. The number of benzene rings is 2. The zero-order valence-corrected chi connectivity index (χ0v) is 18.8. The molecule has 1 atom stereocenters. The van der Waals surface area contributed by atoms with Gasteiger partial charge in [0, 0.05) is 19.1 Å². The maximum atomic E-state index is 11.9. The van der Waals surface area contributed by atoms with Crippen molar-refractivity contribution in [1.29, 1.82) is 5.26 Å². The van der Waals surface area contributed by atoms with Crippen LogP contribution in [0.5, 0.6) is 23.1 Å². The number of pyridine rings is 1. The van der Waals surface area contributed by atoms with E-state index in [1.807, 2.05) is 4.90 Å². The number of nitrogens with zero attached hydrogens (tertiary/aromatic N) is 3. The molecule has 0 aliphatic carbocycles. The second kappa shape index (κ2) is 10.4. The lowest BCUT2D eigenvalue weighted by Crippen LogP contribution is -2.36. The van der Waals surface area contributed by atoms with Crippen LogP contribution in [-0.4, -0.2) is 35.9 Å². The largest absolute Gasteiger partial charge is 0.457 e. The van der Waals surface area contributed by atoms with Crippen LogP contribution in [0.2, 0.25) is 0 Å². The third kappa shape index (κ3) is 5.75. The molecule has 2 heterocycles. The number of carbonyl (C=O) groups excluding carboxylic acids is 2. The number of hydrogen-bond acceptors (Lipinski definition) is 7. The summed E-state index contributed by atoms with van der Waals surface area (Å²) >= 11 is 0. The van der Waals surface area contributed by atoms with Gasteiger partial charge in [0.05, 0.1) is 11.6 Å². The Hall–Kier alpha value is -4.84. The van der Waals surface area contributed by atoms with Crippen LogP contribution in [0.3, 0.4) is 0 Å². The number of anilines is 1. The van der Waals surface area contributed by atoms with E-state index in [-0.39, 0.29) is 23.4 Å². The van der Waals surface area contributed by atoms with Crippen LogP contribution in [-0.2, 0) is 4.79 Å². The Morgan fingerprint density at radius 1 is 1.11 bits per heavy atom. The Labute approximate surface area is 202 Å². The third-order valence-corrected chi connectivity index (χ3v) is 5.39. The number of ether oxygens (including phenoxy) is 2. The predicted molar refractivity (Wildman–Crippen MR) is 129 cm³/mol. The van der Waals surface area contributed by atoms with E-state index in [1.54, 1.807) is 60.7 Å². The number of rotatable bonds is 8. The molecule has 1 saturated heterocycles. The molecule has 3 aromatic rings. The number of nitrogens with one attached hydrogen (secondary N) is 1. The summed E-state index contributed by atoms with van der Waals surface area (Å²) < 4.78 is 11.7. The van der Waals surface area contributed by atoms with Crippen LogP contribution in [0, 0.1) is 11.3 Å². The first-order valence-electron chi connectivity index (χ1n) is 10.9. The quantitative estimate of drug-likeness (QED) is 0.483. The molecule has 2 aromatic carbocycles. The molecule has 0 saturated carbocycles. The molecule has 176 valence electrons. The Bertz CT molecular complexity index is 1300. The summed E-state index contributed by atoms with van der Waals surface area (Å²) in [6.07, 6.45) is 2.00. The third-order valence-electron chi connectivity index (χ3n) is 5.39. The van der Waals surface area contributed by atoms with Crippen molar-refractivity contribution in [1.82, 2.24) is 10.3 Å². The van der Waals surface area contributed by atoms with Crippen LogP contribution in [0.1, 0.15) is 22.3 Å². The highest BCUT2D eigenvalue weighted by Crippen LogP contribution is 2.30. The van der Waals surface area contributed by atoms with Crippen LogP contribution in [0.4, 0.5) is 5.82 Å². The SMILES string of the molecule is C=CC(=O)NC1CCN(c2ccc(C(N)=O)c(Oc3ccc(Oc4cccc(C#N)c4)cc3)n2)C1. The average Bonchev–Trinajstić information content (AvgIpc) is 3.33. The van der Waals surface area contributed by atoms with Crippen molar-refractivity contribution in [3.8, 4) is 29.2 Å². The molecule has 1 fully saturated rings. The van der Waals surface area contributed by atoms with Gasteiger partial charge in [-0.15, -0.1) is 0 Å². The summed E-state index contributed by atoms with van der Waals surface area (Å²) in [7, 11) is 0. The highest BCUT2D eigenvalue weighted by molar-refractivity contribution is 5.95. The maximum Gasteiger partial charge on any atom is 0.254 e. The summed E-state index contributed by atoms with van der Waals surface area (Å²) in [5.41, 5.74) is 6.18. The Balaban J connectivity index is 1.49. The second-order valence-electron chi connectivity index (χ2n) is 7.85. The predicted octanol–water partition coefficient (Wildman–Crippen LogP) is 3.52. The van der Waals surface area contributed by atoms with E-state index in [0.717, 1.165) is 6.42 Å². The molecule has 1 aliphatic rings.